The van der Waals surface area contributed by atoms with Crippen molar-refractivity contribution in [3.63, 3.8) is 0 Å². The Morgan fingerprint density at radius 1 is 0.939 bits per heavy atom. The Kier molecular flexibility index (Phi) is 6.16. The van der Waals surface area contributed by atoms with E-state index in [1.807, 2.05) is 18.2 Å². The Morgan fingerprint density at radius 3 is 2.52 bits per heavy atom. The van der Waals surface area contributed by atoms with Crippen molar-refractivity contribution in [2.24, 2.45) is 0 Å². The molecule has 1 fully saturated rings. The summed E-state index contributed by atoms with van der Waals surface area (Å²) in [5.41, 5.74) is 2.64. The first-order chi connectivity index (χ1) is 15.9. The third-order valence-corrected chi connectivity index (χ3v) is 8.73. The maximum Gasteiger partial charge on any atom is 0.257 e. The summed E-state index contributed by atoms with van der Waals surface area (Å²) in [5, 5.41) is 3.07. The molecule has 0 saturated carbocycles. The lowest BCUT2D eigenvalue weighted by atomic mass is 10.2. The molecule has 2 aromatic carbocycles. The van der Waals surface area contributed by atoms with Gasteiger partial charge in [-0.15, -0.1) is 0 Å². The second-order valence-electron chi connectivity index (χ2n) is 8.75. The van der Waals surface area contributed by atoms with Crippen LogP contribution >= 0.6 is 11.6 Å². The van der Waals surface area contributed by atoms with Crippen LogP contribution in [0.5, 0.6) is 0 Å². The minimum absolute atomic E-state index is 0.0900. The second-order valence-corrected chi connectivity index (χ2v) is 11.1. The Hall–Kier alpha value is -2.42. The molecule has 0 radical (unpaired) electrons. The van der Waals surface area contributed by atoms with Crippen LogP contribution in [0.15, 0.2) is 41.3 Å². The SMILES string of the molecule is O=C(Nc1ccc2c(c1)nc1n2CCCCC1)c1cc(S(=O)(=O)N2CCCCC2)ccc1Cl. The van der Waals surface area contributed by atoms with E-state index in [0.29, 0.717) is 18.8 Å². The number of rotatable bonds is 4. The molecular formula is C24H27ClN4O3S. The summed E-state index contributed by atoms with van der Waals surface area (Å²) in [7, 11) is -3.66. The van der Waals surface area contributed by atoms with E-state index in [9.17, 15) is 13.2 Å². The standard InChI is InChI=1S/C24H27ClN4O3S/c25-20-10-9-18(33(31,32)28-12-4-2-5-13-28)16-19(20)24(30)26-17-8-11-22-21(15-17)27-23-7-3-1-6-14-29(22)23/h8-11,15-16H,1-7,12-14H2,(H,26,30). The van der Waals surface area contributed by atoms with Crippen molar-refractivity contribution < 1.29 is 13.2 Å². The van der Waals surface area contributed by atoms with Crippen LogP contribution in [-0.4, -0.2) is 41.3 Å². The minimum atomic E-state index is -3.66. The van der Waals surface area contributed by atoms with Crippen molar-refractivity contribution in [3.05, 3.63) is 52.8 Å². The third-order valence-electron chi connectivity index (χ3n) is 6.50. The normalized spacial score (nSPS) is 17.5. The van der Waals surface area contributed by atoms with Gasteiger partial charge in [0, 0.05) is 31.7 Å². The molecule has 3 heterocycles. The van der Waals surface area contributed by atoms with Crippen LogP contribution in [0.25, 0.3) is 11.0 Å². The van der Waals surface area contributed by atoms with Crippen molar-refractivity contribution in [2.45, 2.75) is 56.4 Å². The second kappa shape index (κ2) is 9.08. The highest BCUT2D eigenvalue weighted by molar-refractivity contribution is 7.89. The highest BCUT2D eigenvalue weighted by Gasteiger charge is 2.27. The first kappa shape index (κ1) is 22.4. The van der Waals surface area contributed by atoms with Crippen LogP contribution in [0, 0.1) is 0 Å². The van der Waals surface area contributed by atoms with Crippen LogP contribution in [-0.2, 0) is 23.0 Å². The molecule has 0 spiro atoms. The lowest BCUT2D eigenvalue weighted by molar-refractivity contribution is 0.102. The van der Waals surface area contributed by atoms with Gasteiger partial charge >= 0.3 is 0 Å². The van der Waals surface area contributed by atoms with Gasteiger partial charge in [-0.1, -0.05) is 24.4 Å². The summed E-state index contributed by atoms with van der Waals surface area (Å²) in [6.45, 7) is 1.97. The van der Waals surface area contributed by atoms with E-state index in [-0.39, 0.29) is 15.5 Å². The van der Waals surface area contributed by atoms with Crippen LogP contribution in [0.4, 0.5) is 5.69 Å². The number of hydrogen-bond acceptors (Lipinski definition) is 4. The predicted molar refractivity (Wildman–Crippen MR) is 129 cm³/mol. The summed E-state index contributed by atoms with van der Waals surface area (Å²) in [6.07, 6.45) is 7.19. The van der Waals surface area contributed by atoms with E-state index in [1.54, 1.807) is 0 Å². The average Bonchev–Trinajstić information content (AvgIpc) is 2.99. The fourth-order valence-electron chi connectivity index (χ4n) is 4.72. The number of aromatic nitrogens is 2. The van der Waals surface area contributed by atoms with Crippen molar-refractivity contribution in [1.82, 2.24) is 13.9 Å². The molecule has 3 aromatic rings. The molecule has 0 unspecified atom stereocenters. The van der Waals surface area contributed by atoms with Crippen LogP contribution in [0.3, 0.4) is 0 Å². The van der Waals surface area contributed by atoms with E-state index in [1.165, 1.54) is 28.9 Å². The highest BCUT2D eigenvalue weighted by atomic mass is 35.5. The Morgan fingerprint density at radius 2 is 1.70 bits per heavy atom. The van der Waals surface area contributed by atoms with Gasteiger partial charge in [-0.05, 0) is 62.1 Å². The molecule has 2 aliphatic heterocycles. The lowest BCUT2D eigenvalue weighted by Crippen LogP contribution is -2.35. The first-order valence-electron chi connectivity index (χ1n) is 11.5. The Balaban J connectivity index is 1.40. The zero-order valence-electron chi connectivity index (χ0n) is 18.4. The molecule has 174 valence electrons. The molecule has 1 saturated heterocycles. The number of hydrogen-bond donors (Lipinski definition) is 1. The minimum Gasteiger partial charge on any atom is -0.328 e. The molecule has 1 N–H and O–H groups in total. The average molecular weight is 487 g/mol. The summed E-state index contributed by atoms with van der Waals surface area (Å²) in [4.78, 5) is 17.9. The molecule has 0 aliphatic carbocycles. The number of carbonyl (C=O) groups is 1. The number of nitrogens with one attached hydrogen (secondary N) is 1. The smallest absolute Gasteiger partial charge is 0.257 e. The van der Waals surface area contributed by atoms with Crippen molar-refractivity contribution in [1.29, 1.82) is 0 Å². The van der Waals surface area contributed by atoms with E-state index in [4.69, 9.17) is 16.6 Å². The molecule has 0 bridgehead atoms. The van der Waals surface area contributed by atoms with Gasteiger partial charge in [0.25, 0.3) is 5.91 Å². The van der Waals surface area contributed by atoms with E-state index >= 15 is 0 Å². The molecule has 1 aromatic heterocycles. The number of sulfonamides is 1. The summed E-state index contributed by atoms with van der Waals surface area (Å²) >= 11 is 6.29. The van der Waals surface area contributed by atoms with E-state index < -0.39 is 15.9 Å². The van der Waals surface area contributed by atoms with Gasteiger partial charge in [0.1, 0.15) is 5.82 Å². The number of nitrogens with zero attached hydrogens (tertiary/aromatic N) is 3. The van der Waals surface area contributed by atoms with Gasteiger partial charge < -0.3 is 9.88 Å². The molecule has 2 aliphatic rings. The van der Waals surface area contributed by atoms with Crippen molar-refractivity contribution >= 4 is 44.3 Å². The Labute approximate surface area is 198 Å². The summed E-state index contributed by atoms with van der Waals surface area (Å²) in [6, 6.07) is 10.0. The number of aryl methyl sites for hydroxylation is 2. The van der Waals surface area contributed by atoms with Gasteiger partial charge in [-0.25, -0.2) is 13.4 Å². The van der Waals surface area contributed by atoms with Gasteiger partial charge in [-0.3, -0.25) is 4.79 Å². The van der Waals surface area contributed by atoms with Crippen molar-refractivity contribution in [2.75, 3.05) is 18.4 Å². The van der Waals surface area contributed by atoms with E-state index in [0.717, 1.165) is 61.9 Å². The molecule has 33 heavy (non-hydrogen) atoms. The molecule has 5 rings (SSSR count). The first-order valence-corrected chi connectivity index (χ1v) is 13.4. The molecular weight excluding hydrogens is 460 g/mol. The number of piperidine rings is 1. The van der Waals surface area contributed by atoms with Crippen LogP contribution in [0.2, 0.25) is 5.02 Å². The summed E-state index contributed by atoms with van der Waals surface area (Å²) in [5.74, 6) is 0.639. The number of anilines is 1. The van der Waals surface area contributed by atoms with Crippen LogP contribution in [0.1, 0.15) is 54.7 Å². The van der Waals surface area contributed by atoms with Gasteiger partial charge in [0.2, 0.25) is 10.0 Å². The number of benzene rings is 2. The number of fused-ring (bicyclic) bond motifs is 3. The fourth-order valence-corrected chi connectivity index (χ4v) is 6.47. The zero-order chi connectivity index (χ0) is 23.0. The third kappa shape index (κ3) is 4.39. The Bertz CT molecular complexity index is 1310. The largest absolute Gasteiger partial charge is 0.328 e. The fraction of sp³-hybridized carbons (Fsp3) is 0.417. The zero-order valence-corrected chi connectivity index (χ0v) is 20.0. The quantitative estimate of drug-likeness (QED) is 0.571. The number of amides is 1. The maximum atomic E-state index is 13.0. The topological polar surface area (TPSA) is 84.3 Å². The number of imidazole rings is 1. The van der Waals surface area contributed by atoms with E-state index in [2.05, 4.69) is 9.88 Å². The maximum absolute atomic E-state index is 13.0. The monoisotopic (exact) mass is 486 g/mol. The number of carbonyl (C=O) groups excluding carboxylic acids is 1. The molecule has 0 atom stereocenters. The highest BCUT2D eigenvalue weighted by Crippen LogP contribution is 2.27. The lowest BCUT2D eigenvalue weighted by Gasteiger charge is -2.26. The summed E-state index contributed by atoms with van der Waals surface area (Å²) < 4.78 is 29.8. The van der Waals surface area contributed by atoms with Crippen molar-refractivity contribution in [3.8, 4) is 0 Å². The molecule has 7 nitrogen and oxygen atoms in total. The van der Waals surface area contributed by atoms with Crippen LogP contribution < -0.4 is 5.32 Å². The predicted octanol–water partition coefficient (Wildman–Crippen LogP) is 4.84. The number of halogens is 1. The van der Waals surface area contributed by atoms with Gasteiger partial charge in [0.05, 0.1) is 26.5 Å². The van der Waals surface area contributed by atoms with Gasteiger partial charge in [-0.2, -0.15) is 4.31 Å². The van der Waals surface area contributed by atoms with Gasteiger partial charge in [0.15, 0.2) is 0 Å². The molecule has 1 amide bonds. The molecule has 9 heteroatoms.